The SMILES string of the molecule is Fc1cccc(CCNc2nc(F)c(F)cc2F)c1. The molecule has 0 aliphatic carbocycles. The van der Waals surface area contributed by atoms with E-state index in [1.54, 1.807) is 12.1 Å². The first kappa shape index (κ1) is 13.3. The number of benzene rings is 1. The van der Waals surface area contributed by atoms with Crippen LogP contribution < -0.4 is 5.32 Å². The van der Waals surface area contributed by atoms with E-state index in [2.05, 4.69) is 10.3 Å². The maximum Gasteiger partial charge on any atom is 0.251 e. The predicted octanol–water partition coefficient (Wildman–Crippen LogP) is 3.29. The van der Waals surface area contributed by atoms with Gasteiger partial charge in [-0.05, 0) is 24.1 Å². The third-order valence-corrected chi connectivity index (χ3v) is 2.48. The molecule has 0 bridgehead atoms. The van der Waals surface area contributed by atoms with E-state index in [4.69, 9.17) is 0 Å². The summed E-state index contributed by atoms with van der Waals surface area (Å²) in [5.41, 5.74) is 0.704. The Morgan fingerprint density at radius 3 is 2.53 bits per heavy atom. The molecule has 0 unspecified atom stereocenters. The van der Waals surface area contributed by atoms with Gasteiger partial charge in [-0.15, -0.1) is 0 Å². The first-order valence-corrected chi connectivity index (χ1v) is 5.56. The molecular weight excluding hydrogens is 260 g/mol. The van der Waals surface area contributed by atoms with Crippen LogP contribution in [0.25, 0.3) is 0 Å². The third-order valence-electron chi connectivity index (χ3n) is 2.48. The first-order valence-electron chi connectivity index (χ1n) is 5.56. The Morgan fingerprint density at radius 2 is 1.79 bits per heavy atom. The summed E-state index contributed by atoms with van der Waals surface area (Å²) in [7, 11) is 0. The minimum Gasteiger partial charge on any atom is -0.367 e. The van der Waals surface area contributed by atoms with Crippen molar-refractivity contribution in [1.29, 1.82) is 0 Å². The average Bonchev–Trinajstić information content (AvgIpc) is 2.35. The van der Waals surface area contributed by atoms with Crippen LogP contribution in [-0.2, 0) is 6.42 Å². The normalized spacial score (nSPS) is 10.5. The fourth-order valence-corrected chi connectivity index (χ4v) is 1.59. The molecule has 0 aliphatic rings. The van der Waals surface area contributed by atoms with Gasteiger partial charge in [-0.25, -0.2) is 13.2 Å². The van der Waals surface area contributed by atoms with Gasteiger partial charge in [0.05, 0.1) is 0 Å². The van der Waals surface area contributed by atoms with Crippen molar-refractivity contribution < 1.29 is 17.6 Å². The van der Waals surface area contributed by atoms with E-state index in [-0.39, 0.29) is 18.2 Å². The summed E-state index contributed by atoms with van der Waals surface area (Å²) < 4.78 is 51.6. The predicted molar refractivity (Wildman–Crippen MR) is 62.7 cm³/mol. The van der Waals surface area contributed by atoms with Crippen LogP contribution in [0.2, 0.25) is 0 Å². The van der Waals surface area contributed by atoms with E-state index >= 15 is 0 Å². The number of nitrogens with one attached hydrogen (secondary N) is 1. The zero-order valence-corrected chi connectivity index (χ0v) is 9.76. The van der Waals surface area contributed by atoms with Crippen LogP contribution in [0.3, 0.4) is 0 Å². The molecule has 2 rings (SSSR count). The second-order valence-corrected chi connectivity index (χ2v) is 3.90. The highest BCUT2D eigenvalue weighted by Gasteiger charge is 2.10. The Hall–Kier alpha value is -2.11. The standard InChI is InChI=1S/C13H10F4N2/c14-9-3-1-2-8(6-9)4-5-18-13-11(16)7-10(15)12(17)19-13/h1-3,6-7H,4-5H2,(H,18,19). The topological polar surface area (TPSA) is 24.9 Å². The molecule has 0 spiro atoms. The number of aromatic nitrogens is 1. The minimum absolute atomic E-state index is 0.221. The van der Waals surface area contributed by atoms with Crippen LogP contribution in [0.4, 0.5) is 23.4 Å². The molecule has 2 nitrogen and oxygen atoms in total. The van der Waals surface area contributed by atoms with E-state index in [1.165, 1.54) is 12.1 Å². The second kappa shape index (κ2) is 5.69. The van der Waals surface area contributed by atoms with Gasteiger partial charge < -0.3 is 5.32 Å². The van der Waals surface area contributed by atoms with Crippen molar-refractivity contribution in [2.75, 3.05) is 11.9 Å². The lowest BCUT2D eigenvalue weighted by Gasteiger charge is -2.07. The maximum atomic E-state index is 13.2. The molecule has 1 N–H and O–H groups in total. The van der Waals surface area contributed by atoms with Crippen molar-refractivity contribution in [2.45, 2.75) is 6.42 Å². The number of anilines is 1. The zero-order valence-electron chi connectivity index (χ0n) is 9.76. The molecule has 19 heavy (non-hydrogen) atoms. The van der Waals surface area contributed by atoms with E-state index < -0.39 is 17.6 Å². The minimum atomic E-state index is -1.37. The summed E-state index contributed by atoms with van der Waals surface area (Å²) in [6, 6.07) is 6.35. The van der Waals surface area contributed by atoms with Crippen molar-refractivity contribution >= 4 is 5.82 Å². The van der Waals surface area contributed by atoms with Crippen molar-refractivity contribution in [3.63, 3.8) is 0 Å². The quantitative estimate of drug-likeness (QED) is 0.681. The van der Waals surface area contributed by atoms with Crippen molar-refractivity contribution in [3.8, 4) is 0 Å². The Labute approximate surface area is 107 Å². The molecule has 0 atom stereocenters. The summed E-state index contributed by atoms with van der Waals surface area (Å²) >= 11 is 0. The molecule has 1 aromatic carbocycles. The van der Waals surface area contributed by atoms with Gasteiger partial charge in [-0.2, -0.15) is 9.37 Å². The molecule has 1 aromatic heterocycles. The monoisotopic (exact) mass is 270 g/mol. The van der Waals surface area contributed by atoms with Gasteiger partial charge in [0, 0.05) is 12.6 Å². The van der Waals surface area contributed by atoms with Gasteiger partial charge in [0.15, 0.2) is 17.5 Å². The van der Waals surface area contributed by atoms with Gasteiger partial charge in [-0.3, -0.25) is 0 Å². The Bertz CT molecular complexity index is 587. The van der Waals surface area contributed by atoms with Crippen LogP contribution in [0.5, 0.6) is 0 Å². The van der Waals surface area contributed by atoms with Crippen molar-refractivity contribution in [2.24, 2.45) is 0 Å². The number of nitrogens with zero attached hydrogens (tertiary/aromatic N) is 1. The Kier molecular flexibility index (Phi) is 3.99. The molecule has 100 valence electrons. The molecule has 0 amide bonds. The summed E-state index contributed by atoms with van der Waals surface area (Å²) in [4.78, 5) is 3.12. The largest absolute Gasteiger partial charge is 0.367 e. The van der Waals surface area contributed by atoms with Crippen LogP contribution in [0.15, 0.2) is 30.3 Å². The Balaban J connectivity index is 1.98. The lowest BCUT2D eigenvalue weighted by molar-refractivity contribution is 0.466. The third kappa shape index (κ3) is 3.43. The number of halogens is 4. The average molecular weight is 270 g/mol. The van der Waals surface area contributed by atoms with Crippen LogP contribution in [0, 0.1) is 23.4 Å². The molecule has 1 heterocycles. The van der Waals surface area contributed by atoms with Gasteiger partial charge in [0.2, 0.25) is 0 Å². The van der Waals surface area contributed by atoms with E-state index in [1.807, 2.05) is 0 Å². The van der Waals surface area contributed by atoms with Gasteiger partial charge in [0.25, 0.3) is 5.95 Å². The lowest BCUT2D eigenvalue weighted by atomic mass is 10.1. The van der Waals surface area contributed by atoms with Gasteiger partial charge in [0.1, 0.15) is 5.82 Å². The highest BCUT2D eigenvalue weighted by Crippen LogP contribution is 2.14. The van der Waals surface area contributed by atoms with Gasteiger partial charge in [-0.1, -0.05) is 12.1 Å². The van der Waals surface area contributed by atoms with Gasteiger partial charge >= 0.3 is 0 Å². The fourth-order valence-electron chi connectivity index (χ4n) is 1.59. The fraction of sp³-hybridized carbons (Fsp3) is 0.154. The molecule has 0 fully saturated rings. The first-order chi connectivity index (χ1) is 9.06. The van der Waals surface area contributed by atoms with E-state index in [0.717, 1.165) is 0 Å². The highest BCUT2D eigenvalue weighted by molar-refractivity contribution is 5.36. The van der Waals surface area contributed by atoms with E-state index in [9.17, 15) is 17.6 Å². The van der Waals surface area contributed by atoms with Crippen LogP contribution in [-0.4, -0.2) is 11.5 Å². The number of hydrogen-bond acceptors (Lipinski definition) is 2. The summed E-state index contributed by atoms with van der Waals surface area (Å²) in [5.74, 6) is -4.41. The molecule has 0 aliphatic heterocycles. The lowest BCUT2D eigenvalue weighted by Crippen LogP contribution is -2.09. The van der Waals surface area contributed by atoms with Crippen LogP contribution in [0.1, 0.15) is 5.56 Å². The summed E-state index contributed by atoms with van der Waals surface area (Å²) in [6.45, 7) is 0.221. The highest BCUT2D eigenvalue weighted by atomic mass is 19.2. The molecule has 0 saturated carbocycles. The number of hydrogen-bond donors (Lipinski definition) is 1. The second-order valence-electron chi connectivity index (χ2n) is 3.90. The number of pyridine rings is 1. The molecule has 0 radical (unpaired) electrons. The molecule has 0 saturated heterocycles. The van der Waals surface area contributed by atoms with Crippen molar-refractivity contribution in [1.82, 2.24) is 4.98 Å². The molecule has 6 heteroatoms. The molecular formula is C13H10F4N2. The molecule has 2 aromatic rings. The zero-order chi connectivity index (χ0) is 13.8. The smallest absolute Gasteiger partial charge is 0.251 e. The van der Waals surface area contributed by atoms with Crippen LogP contribution >= 0.6 is 0 Å². The summed E-state index contributed by atoms with van der Waals surface area (Å²) in [5, 5.41) is 2.53. The van der Waals surface area contributed by atoms with Crippen molar-refractivity contribution in [3.05, 3.63) is 59.3 Å². The number of rotatable bonds is 4. The Morgan fingerprint density at radius 1 is 1.00 bits per heavy atom. The van der Waals surface area contributed by atoms with E-state index in [0.29, 0.717) is 18.1 Å². The maximum absolute atomic E-state index is 13.2. The summed E-state index contributed by atoms with van der Waals surface area (Å²) in [6.07, 6.45) is 0.401.